The van der Waals surface area contributed by atoms with E-state index in [-0.39, 0.29) is 18.3 Å². The number of likely N-dealkylation sites (N-methyl/N-ethyl adjacent to an activating group) is 1. The Morgan fingerprint density at radius 3 is 2.69 bits per heavy atom. The number of ether oxygens (including phenoxy) is 1. The van der Waals surface area contributed by atoms with Crippen LogP contribution in [0.1, 0.15) is 0 Å². The van der Waals surface area contributed by atoms with Gasteiger partial charge in [-0.05, 0) is 31.3 Å². The van der Waals surface area contributed by atoms with Crippen molar-refractivity contribution < 1.29 is 13.9 Å². The molecule has 5 heteroatoms. The lowest BCUT2D eigenvalue weighted by Gasteiger charge is -2.07. The highest BCUT2D eigenvalue weighted by Crippen LogP contribution is 2.10. The summed E-state index contributed by atoms with van der Waals surface area (Å²) in [5.74, 6) is 0.212. The first kappa shape index (κ1) is 12.4. The van der Waals surface area contributed by atoms with Gasteiger partial charge in [-0.25, -0.2) is 4.39 Å². The first-order valence-corrected chi connectivity index (χ1v) is 5.02. The molecule has 2 N–H and O–H groups in total. The van der Waals surface area contributed by atoms with E-state index in [1.807, 2.05) is 0 Å². The number of carbonyl (C=O) groups excluding carboxylic acids is 1. The number of benzene rings is 1. The predicted octanol–water partition coefficient (Wildman–Crippen LogP) is 0.540. The molecule has 4 nitrogen and oxygen atoms in total. The Bertz CT molecular complexity index is 327. The van der Waals surface area contributed by atoms with E-state index in [2.05, 4.69) is 10.6 Å². The van der Waals surface area contributed by atoms with E-state index in [1.54, 1.807) is 19.2 Å². The van der Waals surface area contributed by atoms with Crippen molar-refractivity contribution in [2.45, 2.75) is 0 Å². The van der Waals surface area contributed by atoms with E-state index in [9.17, 15) is 9.18 Å². The number of halogens is 1. The van der Waals surface area contributed by atoms with Crippen LogP contribution in [0, 0.1) is 5.82 Å². The quantitative estimate of drug-likeness (QED) is 0.696. The molecule has 0 aliphatic carbocycles. The molecule has 0 radical (unpaired) electrons. The minimum atomic E-state index is -0.297. The SMILES string of the molecule is CNCC(=O)NCCOc1ccc(F)cc1. The van der Waals surface area contributed by atoms with Crippen LogP contribution < -0.4 is 15.4 Å². The molecule has 1 aromatic carbocycles. The topological polar surface area (TPSA) is 50.4 Å². The highest BCUT2D eigenvalue weighted by molar-refractivity contribution is 5.77. The normalized spacial score (nSPS) is 9.88. The van der Waals surface area contributed by atoms with Crippen molar-refractivity contribution in [3.05, 3.63) is 30.1 Å². The van der Waals surface area contributed by atoms with Crippen molar-refractivity contribution in [3.8, 4) is 5.75 Å². The fourth-order valence-electron chi connectivity index (χ4n) is 1.11. The van der Waals surface area contributed by atoms with E-state index < -0.39 is 0 Å². The van der Waals surface area contributed by atoms with Crippen LogP contribution in [0.4, 0.5) is 4.39 Å². The fourth-order valence-corrected chi connectivity index (χ4v) is 1.11. The molecule has 0 aliphatic rings. The molecule has 0 atom stereocenters. The Morgan fingerprint density at radius 2 is 2.06 bits per heavy atom. The summed E-state index contributed by atoms with van der Waals surface area (Å²) < 4.78 is 17.8. The van der Waals surface area contributed by atoms with Gasteiger partial charge in [0.2, 0.25) is 5.91 Å². The van der Waals surface area contributed by atoms with Crippen LogP contribution in [0.3, 0.4) is 0 Å². The van der Waals surface area contributed by atoms with E-state index in [0.29, 0.717) is 18.9 Å². The molecular formula is C11H15FN2O2. The molecular weight excluding hydrogens is 211 g/mol. The maximum absolute atomic E-state index is 12.5. The van der Waals surface area contributed by atoms with Crippen molar-refractivity contribution in [2.24, 2.45) is 0 Å². The first-order chi connectivity index (χ1) is 7.72. The average molecular weight is 226 g/mol. The summed E-state index contributed by atoms with van der Waals surface area (Å²) in [5.41, 5.74) is 0. The van der Waals surface area contributed by atoms with Gasteiger partial charge in [-0.2, -0.15) is 0 Å². The number of hydrogen-bond donors (Lipinski definition) is 2. The summed E-state index contributed by atoms with van der Waals surface area (Å²) in [6.07, 6.45) is 0. The molecule has 0 unspecified atom stereocenters. The number of amides is 1. The van der Waals surface area contributed by atoms with E-state index in [4.69, 9.17) is 4.74 Å². The van der Waals surface area contributed by atoms with Crippen LogP contribution in [0.5, 0.6) is 5.75 Å². The third kappa shape index (κ3) is 4.75. The smallest absolute Gasteiger partial charge is 0.234 e. The lowest BCUT2D eigenvalue weighted by Crippen LogP contribution is -2.34. The second-order valence-electron chi connectivity index (χ2n) is 3.18. The first-order valence-electron chi connectivity index (χ1n) is 5.02. The van der Waals surface area contributed by atoms with Gasteiger partial charge in [0.15, 0.2) is 0 Å². The lowest BCUT2D eigenvalue weighted by atomic mass is 10.3. The number of carbonyl (C=O) groups is 1. The minimum Gasteiger partial charge on any atom is -0.492 e. The van der Waals surface area contributed by atoms with Crippen molar-refractivity contribution in [2.75, 3.05) is 26.7 Å². The molecule has 1 aromatic rings. The van der Waals surface area contributed by atoms with Crippen LogP contribution in [0.15, 0.2) is 24.3 Å². The van der Waals surface area contributed by atoms with Crippen LogP contribution in [0.2, 0.25) is 0 Å². The van der Waals surface area contributed by atoms with Crippen LogP contribution in [0.25, 0.3) is 0 Å². The predicted molar refractivity (Wildman–Crippen MR) is 58.8 cm³/mol. The zero-order chi connectivity index (χ0) is 11.8. The molecule has 0 fully saturated rings. The van der Waals surface area contributed by atoms with Gasteiger partial charge in [-0.1, -0.05) is 0 Å². The van der Waals surface area contributed by atoms with Crippen LogP contribution in [-0.4, -0.2) is 32.7 Å². The number of nitrogens with one attached hydrogen (secondary N) is 2. The van der Waals surface area contributed by atoms with E-state index in [1.165, 1.54) is 12.1 Å². The summed E-state index contributed by atoms with van der Waals surface area (Å²) in [5, 5.41) is 5.40. The van der Waals surface area contributed by atoms with E-state index in [0.717, 1.165) is 0 Å². The van der Waals surface area contributed by atoms with Gasteiger partial charge in [0.1, 0.15) is 18.2 Å². The Kier molecular flexibility index (Phi) is 5.28. The molecule has 16 heavy (non-hydrogen) atoms. The van der Waals surface area contributed by atoms with Gasteiger partial charge in [0.05, 0.1) is 13.1 Å². The fraction of sp³-hybridized carbons (Fsp3) is 0.364. The average Bonchev–Trinajstić information content (AvgIpc) is 2.27. The molecule has 1 amide bonds. The van der Waals surface area contributed by atoms with Crippen LogP contribution in [-0.2, 0) is 4.79 Å². The maximum Gasteiger partial charge on any atom is 0.234 e. The highest BCUT2D eigenvalue weighted by Gasteiger charge is 1.98. The third-order valence-electron chi connectivity index (χ3n) is 1.84. The van der Waals surface area contributed by atoms with Gasteiger partial charge in [0, 0.05) is 0 Å². The number of hydrogen-bond acceptors (Lipinski definition) is 3. The second kappa shape index (κ2) is 6.79. The van der Waals surface area contributed by atoms with Gasteiger partial charge < -0.3 is 15.4 Å². The minimum absolute atomic E-state index is 0.0785. The summed E-state index contributed by atoms with van der Waals surface area (Å²) in [7, 11) is 1.70. The van der Waals surface area contributed by atoms with Crippen molar-refractivity contribution in [3.63, 3.8) is 0 Å². The maximum atomic E-state index is 12.5. The standard InChI is InChI=1S/C11H15FN2O2/c1-13-8-11(15)14-6-7-16-10-4-2-9(12)3-5-10/h2-5,13H,6-8H2,1H3,(H,14,15). The zero-order valence-corrected chi connectivity index (χ0v) is 9.13. The Balaban J connectivity index is 2.16. The van der Waals surface area contributed by atoms with Crippen molar-refractivity contribution >= 4 is 5.91 Å². The Hall–Kier alpha value is -1.62. The monoisotopic (exact) mass is 226 g/mol. The number of rotatable bonds is 6. The molecule has 0 aromatic heterocycles. The zero-order valence-electron chi connectivity index (χ0n) is 9.13. The molecule has 0 saturated heterocycles. The Morgan fingerprint density at radius 1 is 1.38 bits per heavy atom. The molecule has 0 heterocycles. The van der Waals surface area contributed by atoms with Crippen LogP contribution >= 0.6 is 0 Å². The summed E-state index contributed by atoms with van der Waals surface area (Å²) in [4.78, 5) is 11.0. The summed E-state index contributed by atoms with van der Waals surface area (Å²) in [6, 6.07) is 5.75. The largest absolute Gasteiger partial charge is 0.492 e. The third-order valence-corrected chi connectivity index (χ3v) is 1.84. The van der Waals surface area contributed by atoms with Crippen molar-refractivity contribution in [1.82, 2.24) is 10.6 Å². The Labute approximate surface area is 93.8 Å². The van der Waals surface area contributed by atoms with E-state index >= 15 is 0 Å². The molecule has 88 valence electrons. The highest BCUT2D eigenvalue weighted by atomic mass is 19.1. The second-order valence-corrected chi connectivity index (χ2v) is 3.18. The van der Waals surface area contributed by atoms with Gasteiger partial charge in [0.25, 0.3) is 0 Å². The molecule has 0 aliphatic heterocycles. The molecule has 0 saturated carbocycles. The molecule has 1 rings (SSSR count). The lowest BCUT2D eigenvalue weighted by molar-refractivity contribution is -0.120. The molecule has 0 bridgehead atoms. The summed E-state index contributed by atoms with van der Waals surface area (Å²) >= 11 is 0. The summed E-state index contributed by atoms with van der Waals surface area (Å²) in [6.45, 7) is 1.08. The van der Waals surface area contributed by atoms with Gasteiger partial charge in [-0.3, -0.25) is 4.79 Å². The van der Waals surface area contributed by atoms with Crippen molar-refractivity contribution in [1.29, 1.82) is 0 Å². The molecule has 0 spiro atoms. The van der Waals surface area contributed by atoms with Gasteiger partial charge in [-0.15, -0.1) is 0 Å². The van der Waals surface area contributed by atoms with Gasteiger partial charge >= 0.3 is 0 Å².